The van der Waals surface area contributed by atoms with Gasteiger partial charge in [-0.2, -0.15) is 4.31 Å². The fourth-order valence-electron chi connectivity index (χ4n) is 2.15. The van der Waals surface area contributed by atoms with Gasteiger partial charge in [-0.25, -0.2) is 8.42 Å². The lowest BCUT2D eigenvalue weighted by atomic mass is 10.2. The summed E-state index contributed by atoms with van der Waals surface area (Å²) in [7, 11) is -3.34. The predicted octanol–water partition coefficient (Wildman–Crippen LogP) is 0.0777. The minimum atomic E-state index is -3.34. The molecule has 0 saturated carbocycles. The van der Waals surface area contributed by atoms with Crippen LogP contribution in [0, 0.1) is 0 Å². The van der Waals surface area contributed by atoms with Crippen molar-refractivity contribution in [2.75, 3.05) is 18.8 Å². The van der Waals surface area contributed by atoms with Crippen LogP contribution in [0.25, 0.3) is 0 Å². The minimum absolute atomic E-state index is 0.101. The lowest BCUT2D eigenvalue weighted by Crippen LogP contribution is -2.47. The SMILES string of the molecule is CCCCS(=O)(=O)N1CCCC1C(=O)NC[C@H](C)O. The maximum absolute atomic E-state index is 12.1. The summed E-state index contributed by atoms with van der Waals surface area (Å²) in [6, 6.07) is -0.611. The third-order valence-corrected chi connectivity index (χ3v) is 5.15. The molecular weight excluding hydrogens is 268 g/mol. The number of carbonyl (C=O) groups is 1. The Bertz CT molecular complexity index is 395. The number of carbonyl (C=O) groups excluding carboxylic acids is 1. The Kier molecular flexibility index (Phi) is 6.22. The monoisotopic (exact) mass is 292 g/mol. The fourth-order valence-corrected chi connectivity index (χ4v) is 4.03. The highest BCUT2D eigenvalue weighted by Crippen LogP contribution is 2.22. The molecule has 1 aliphatic heterocycles. The summed E-state index contributed by atoms with van der Waals surface area (Å²) in [5, 5.41) is 11.7. The largest absolute Gasteiger partial charge is 0.392 e. The van der Waals surface area contributed by atoms with Gasteiger partial charge in [0.2, 0.25) is 15.9 Å². The van der Waals surface area contributed by atoms with Crippen molar-refractivity contribution in [3.8, 4) is 0 Å². The number of nitrogens with zero attached hydrogens (tertiary/aromatic N) is 1. The van der Waals surface area contributed by atoms with Gasteiger partial charge in [0.1, 0.15) is 6.04 Å². The van der Waals surface area contributed by atoms with Gasteiger partial charge in [0, 0.05) is 13.1 Å². The van der Waals surface area contributed by atoms with Crippen molar-refractivity contribution in [1.29, 1.82) is 0 Å². The predicted molar refractivity (Wildman–Crippen MR) is 73.1 cm³/mol. The molecule has 2 atom stereocenters. The zero-order valence-electron chi connectivity index (χ0n) is 11.6. The van der Waals surface area contributed by atoms with Crippen molar-refractivity contribution < 1.29 is 18.3 Å². The van der Waals surface area contributed by atoms with E-state index in [1.54, 1.807) is 6.92 Å². The normalized spacial score (nSPS) is 22.4. The Hall–Kier alpha value is -0.660. The topological polar surface area (TPSA) is 86.7 Å². The molecule has 1 fully saturated rings. The number of unbranched alkanes of at least 4 members (excludes halogenated alkanes) is 1. The molecule has 1 rings (SSSR count). The van der Waals surface area contributed by atoms with E-state index >= 15 is 0 Å². The zero-order valence-corrected chi connectivity index (χ0v) is 12.4. The number of nitrogens with one attached hydrogen (secondary N) is 1. The van der Waals surface area contributed by atoms with E-state index in [0.717, 1.165) is 6.42 Å². The highest BCUT2D eigenvalue weighted by atomic mass is 32.2. The number of rotatable bonds is 7. The molecule has 7 heteroatoms. The zero-order chi connectivity index (χ0) is 14.5. The maximum Gasteiger partial charge on any atom is 0.238 e. The van der Waals surface area contributed by atoms with Gasteiger partial charge >= 0.3 is 0 Å². The van der Waals surface area contributed by atoms with Crippen LogP contribution in [0.4, 0.5) is 0 Å². The molecule has 0 spiro atoms. The van der Waals surface area contributed by atoms with Gasteiger partial charge in [-0.1, -0.05) is 13.3 Å². The third-order valence-electron chi connectivity index (χ3n) is 3.19. The maximum atomic E-state index is 12.1. The second-order valence-electron chi connectivity index (χ2n) is 5.03. The van der Waals surface area contributed by atoms with Crippen molar-refractivity contribution in [3.63, 3.8) is 0 Å². The molecule has 1 saturated heterocycles. The van der Waals surface area contributed by atoms with Gasteiger partial charge in [-0.3, -0.25) is 4.79 Å². The van der Waals surface area contributed by atoms with Gasteiger partial charge in [-0.05, 0) is 26.2 Å². The smallest absolute Gasteiger partial charge is 0.238 e. The molecule has 1 aliphatic rings. The first kappa shape index (κ1) is 16.4. The van der Waals surface area contributed by atoms with Crippen LogP contribution in [0.1, 0.15) is 39.5 Å². The molecule has 19 heavy (non-hydrogen) atoms. The average molecular weight is 292 g/mol. The second kappa shape index (κ2) is 7.21. The van der Waals surface area contributed by atoms with Crippen LogP contribution >= 0.6 is 0 Å². The first-order chi connectivity index (χ1) is 8.88. The average Bonchev–Trinajstić information content (AvgIpc) is 2.83. The summed E-state index contributed by atoms with van der Waals surface area (Å²) in [4.78, 5) is 12.0. The summed E-state index contributed by atoms with van der Waals surface area (Å²) >= 11 is 0. The number of aliphatic hydroxyl groups excluding tert-OH is 1. The molecule has 0 aromatic carbocycles. The van der Waals surface area contributed by atoms with Crippen LogP contribution in [0.5, 0.6) is 0 Å². The van der Waals surface area contributed by atoms with E-state index in [1.165, 1.54) is 4.31 Å². The van der Waals surface area contributed by atoms with Crippen LogP contribution in [-0.2, 0) is 14.8 Å². The third kappa shape index (κ3) is 4.74. The highest BCUT2D eigenvalue weighted by Gasteiger charge is 2.37. The van der Waals surface area contributed by atoms with Gasteiger partial charge in [0.05, 0.1) is 11.9 Å². The van der Waals surface area contributed by atoms with Crippen LogP contribution in [-0.4, -0.2) is 54.7 Å². The molecule has 2 N–H and O–H groups in total. The quantitative estimate of drug-likeness (QED) is 0.695. The van der Waals surface area contributed by atoms with Crippen molar-refractivity contribution in [2.45, 2.75) is 51.7 Å². The Labute approximate surface area is 115 Å². The van der Waals surface area contributed by atoms with E-state index in [9.17, 15) is 13.2 Å². The number of sulfonamides is 1. The van der Waals surface area contributed by atoms with Gasteiger partial charge in [0.15, 0.2) is 0 Å². The summed E-state index contributed by atoms with van der Waals surface area (Å²) in [6.45, 7) is 4.08. The van der Waals surface area contributed by atoms with E-state index in [4.69, 9.17) is 5.11 Å². The van der Waals surface area contributed by atoms with Crippen LogP contribution in [0.2, 0.25) is 0 Å². The van der Waals surface area contributed by atoms with Gasteiger partial charge in [0.25, 0.3) is 0 Å². The minimum Gasteiger partial charge on any atom is -0.392 e. The number of hydrogen-bond acceptors (Lipinski definition) is 4. The summed E-state index contributed by atoms with van der Waals surface area (Å²) < 4.78 is 25.6. The van der Waals surface area contributed by atoms with Crippen molar-refractivity contribution in [3.05, 3.63) is 0 Å². The summed E-state index contributed by atoms with van der Waals surface area (Å²) in [5.41, 5.74) is 0. The summed E-state index contributed by atoms with van der Waals surface area (Å²) in [6.07, 6.45) is 2.05. The Morgan fingerprint density at radius 2 is 2.21 bits per heavy atom. The molecule has 0 radical (unpaired) electrons. The van der Waals surface area contributed by atoms with Crippen LogP contribution in [0.15, 0.2) is 0 Å². The Balaban J connectivity index is 2.65. The van der Waals surface area contributed by atoms with E-state index in [2.05, 4.69) is 5.32 Å². The second-order valence-corrected chi connectivity index (χ2v) is 7.07. The Morgan fingerprint density at radius 3 is 2.79 bits per heavy atom. The van der Waals surface area contributed by atoms with E-state index < -0.39 is 22.2 Å². The van der Waals surface area contributed by atoms with Crippen molar-refractivity contribution in [1.82, 2.24) is 9.62 Å². The van der Waals surface area contributed by atoms with Crippen LogP contribution < -0.4 is 5.32 Å². The van der Waals surface area contributed by atoms with E-state index in [0.29, 0.717) is 25.8 Å². The molecule has 1 heterocycles. The van der Waals surface area contributed by atoms with E-state index in [-0.39, 0.29) is 18.2 Å². The van der Waals surface area contributed by atoms with Gasteiger partial charge in [-0.15, -0.1) is 0 Å². The van der Waals surface area contributed by atoms with Crippen molar-refractivity contribution in [2.24, 2.45) is 0 Å². The number of aliphatic hydroxyl groups is 1. The van der Waals surface area contributed by atoms with Crippen molar-refractivity contribution >= 4 is 15.9 Å². The highest BCUT2D eigenvalue weighted by molar-refractivity contribution is 7.89. The molecule has 0 aliphatic carbocycles. The Morgan fingerprint density at radius 1 is 1.53 bits per heavy atom. The molecule has 1 amide bonds. The van der Waals surface area contributed by atoms with Gasteiger partial charge < -0.3 is 10.4 Å². The lowest BCUT2D eigenvalue weighted by Gasteiger charge is -2.23. The molecule has 0 bridgehead atoms. The molecule has 0 aromatic heterocycles. The standard InChI is InChI=1S/C12H24N2O4S/c1-3-4-8-19(17,18)14-7-5-6-11(14)12(16)13-9-10(2)15/h10-11,15H,3-9H2,1-2H3,(H,13,16)/t10-,11?/m0/s1. The molecule has 0 aromatic rings. The molecule has 112 valence electrons. The number of amides is 1. The van der Waals surface area contributed by atoms with E-state index in [1.807, 2.05) is 6.92 Å². The van der Waals surface area contributed by atoms with Crippen LogP contribution in [0.3, 0.4) is 0 Å². The fraction of sp³-hybridized carbons (Fsp3) is 0.917. The lowest BCUT2D eigenvalue weighted by molar-refractivity contribution is -0.124. The molecule has 6 nitrogen and oxygen atoms in total. The summed E-state index contributed by atoms with van der Waals surface area (Å²) in [5.74, 6) is -0.206. The first-order valence-corrected chi connectivity index (χ1v) is 8.44. The molecule has 1 unspecified atom stereocenters. The number of hydrogen-bond donors (Lipinski definition) is 2. The molecular formula is C12H24N2O4S. The first-order valence-electron chi connectivity index (χ1n) is 6.83.